The molecule has 2 aliphatic rings. The van der Waals surface area contributed by atoms with Crippen molar-refractivity contribution in [2.45, 2.75) is 120 Å². The van der Waals surface area contributed by atoms with E-state index in [-0.39, 0.29) is 40.4 Å². The van der Waals surface area contributed by atoms with E-state index in [2.05, 4.69) is 36.2 Å². The maximum atomic E-state index is 14.6. The minimum atomic E-state index is -5.50. The minimum absolute atomic E-state index is 0.0152. The van der Waals surface area contributed by atoms with Crippen LogP contribution in [0.5, 0.6) is 0 Å². The van der Waals surface area contributed by atoms with Gasteiger partial charge in [0.15, 0.2) is 5.82 Å². The highest BCUT2D eigenvalue weighted by Crippen LogP contribution is 2.42. The number of ether oxygens (including phenoxy) is 1. The second-order valence-corrected chi connectivity index (χ2v) is 18.9. The van der Waals surface area contributed by atoms with Crippen LogP contribution < -0.4 is 21.3 Å². The molecule has 0 radical (unpaired) electrons. The predicted octanol–water partition coefficient (Wildman–Crippen LogP) is 8.84. The number of rotatable bonds is 15. The van der Waals surface area contributed by atoms with Crippen molar-refractivity contribution in [3.05, 3.63) is 101 Å². The molecule has 71 heavy (non-hydrogen) atoms. The van der Waals surface area contributed by atoms with Gasteiger partial charge in [-0.15, -0.1) is 0 Å². The van der Waals surface area contributed by atoms with Gasteiger partial charge in [0, 0.05) is 47.4 Å². The van der Waals surface area contributed by atoms with Crippen LogP contribution in [-0.4, -0.2) is 98.7 Å². The van der Waals surface area contributed by atoms with E-state index in [0.717, 1.165) is 24.5 Å². The third-order valence-electron chi connectivity index (χ3n) is 12.3. The third kappa shape index (κ3) is 13.5. The Balaban J connectivity index is 1.18. The lowest BCUT2D eigenvalue weighted by Gasteiger charge is -2.33. The summed E-state index contributed by atoms with van der Waals surface area (Å²) in [7, 11) is 3.96. The number of alkyl carbamates (subject to hydrolysis) is 1. The van der Waals surface area contributed by atoms with Gasteiger partial charge in [0.2, 0.25) is 17.6 Å². The second-order valence-electron chi connectivity index (χ2n) is 18.9. The van der Waals surface area contributed by atoms with E-state index in [9.17, 15) is 54.7 Å². The molecule has 1 atom stereocenters. The quantitative estimate of drug-likeness (QED) is 0.0624. The molecule has 4 amide bonds. The highest BCUT2D eigenvalue weighted by Gasteiger charge is 2.65. The Morgan fingerprint density at radius 1 is 0.845 bits per heavy atom. The Bertz CT molecular complexity index is 2590. The summed E-state index contributed by atoms with van der Waals surface area (Å²) in [5.41, 5.74) is -0.401. The van der Waals surface area contributed by atoms with Gasteiger partial charge in [-0.25, -0.2) is 14.6 Å². The van der Waals surface area contributed by atoms with Crippen molar-refractivity contribution in [2.75, 3.05) is 19.4 Å². The van der Waals surface area contributed by atoms with Crippen molar-refractivity contribution in [1.82, 2.24) is 36.0 Å². The van der Waals surface area contributed by atoms with Gasteiger partial charge in [-0.2, -0.15) is 35.8 Å². The summed E-state index contributed by atoms with van der Waals surface area (Å²) >= 11 is 0. The molecular formula is C49H55F7N8O7. The molecule has 22 heteroatoms. The lowest BCUT2D eigenvalue weighted by atomic mass is 9.85. The first-order valence-electron chi connectivity index (χ1n) is 22.8. The Labute approximate surface area is 404 Å². The third-order valence-corrected chi connectivity index (χ3v) is 12.3. The number of carboxylic acid groups (broad SMARTS) is 1. The number of hydrogen-bond donors (Lipinski definition) is 6. The van der Waals surface area contributed by atoms with E-state index in [1.54, 1.807) is 32.1 Å². The van der Waals surface area contributed by atoms with Gasteiger partial charge in [0.25, 0.3) is 5.91 Å². The molecule has 0 spiro atoms. The number of benzene rings is 3. The van der Waals surface area contributed by atoms with E-state index in [4.69, 9.17) is 9.84 Å². The molecule has 15 nitrogen and oxygen atoms in total. The first-order valence-corrected chi connectivity index (χ1v) is 22.8. The summed E-state index contributed by atoms with van der Waals surface area (Å²) in [4.78, 5) is 69.3. The number of hydrogen-bond acceptors (Lipinski definition) is 9. The Kier molecular flexibility index (Phi) is 16.3. The van der Waals surface area contributed by atoms with Crippen molar-refractivity contribution in [3.8, 4) is 22.5 Å². The number of aromatic amines is 1. The van der Waals surface area contributed by atoms with Gasteiger partial charge in [0.05, 0.1) is 5.56 Å². The van der Waals surface area contributed by atoms with Crippen LogP contribution in [-0.2, 0) is 37.6 Å². The molecular weight excluding hydrogens is 946 g/mol. The number of carboxylic acids is 1. The Morgan fingerprint density at radius 2 is 1.46 bits per heavy atom. The molecule has 0 aliphatic heterocycles. The molecule has 382 valence electrons. The number of allylic oxidation sites excluding steroid dienone is 1. The summed E-state index contributed by atoms with van der Waals surface area (Å²) in [5, 5.41) is 24.7. The van der Waals surface area contributed by atoms with E-state index >= 15 is 0 Å². The fraction of sp³-hybridized carbons (Fsp3) is 0.449. The largest absolute Gasteiger partial charge is 0.477 e. The monoisotopic (exact) mass is 1000 g/mol. The van der Waals surface area contributed by atoms with Gasteiger partial charge < -0.3 is 30.7 Å². The van der Waals surface area contributed by atoms with Gasteiger partial charge >= 0.3 is 30.1 Å². The maximum Gasteiger partial charge on any atom is 0.417 e. The minimum Gasteiger partial charge on any atom is -0.477 e. The molecule has 2 aliphatic carbocycles. The Hall–Kier alpha value is -6.84. The number of H-pyrrole nitrogens is 1. The van der Waals surface area contributed by atoms with Crippen LogP contribution in [0, 0.1) is 5.92 Å². The van der Waals surface area contributed by atoms with Crippen molar-refractivity contribution in [1.29, 1.82) is 0 Å². The Morgan fingerprint density at radius 3 is 2.04 bits per heavy atom. The molecule has 1 aromatic heterocycles. The summed E-state index contributed by atoms with van der Waals surface area (Å²) < 4.78 is 105. The zero-order chi connectivity index (χ0) is 52.1. The van der Waals surface area contributed by atoms with Crippen molar-refractivity contribution in [2.24, 2.45) is 5.92 Å². The first-order chi connectivity index (χ1) is 33.2. The fourth-order valence-corrected chi connectivity index (χ4v) is 8.34. The average molecular weight is 1000 g/mol. The SMILES string of the molecule is CN(C)C1CCC(NC(=O)c2ccc(-c3ccc(C[C@H](NC(=O)C4CCC(=CNC(=O)OC(C)(C)C)CC4)C(=O)Nc4ccc(-c5n[nH]c(C(F)(F)C(F)(F)C(=O)O)n5)cc4)cc3)c(C(F)(F)F)c2)CC1. The smallest absolute Gasteiger partial charge is 0.417 e. The normalized spacial score (nSPS) is 18.3. The number of aliphatic carboxylic acids is 1. The number of halogens is 7. The number of aromatic nitrogens is 3. The highest BCUT2D eigenvalue weighted by atomic mass is 19.4. The van der Waals surface area contributed by atoms with Crippen LogP contribution in [0.4, 0.5) is 41.2 Å². The fourth-order valence-electron chi connectivity index (χ4n) is 8.34. The lowest BCUT2D eigenvalue weighted by Crippen LogP contribution is -2.47. The standard InChI is InChI=1S/C49H55F7N8O7/c1-46(2,3)71-45(70)57-26-28-8-12-31(13-9-28)40(65)60-38(42(67)59-33-17-14-30(15-18-33)39-61-43(63-62-39)47(50,51)48(52,53)44(68)69)24-27-6-10-29(11-7-27)36-23-16-32(25-37(36)49(54,55)56)41(66)58-34-19-21-35(22-20-34)64(4)5/h6-7,10-11,14-18,23,25-26,31,34-35,38H,8-9,12-13,19-22,24H2,1-5H3,(H,57,70)(H,58,66)(H,59,67)(H,60,65)(H,68,69)(H,61,62,63)/t31?,34?,35?,38-/m0/s1. The highest BCUT2D eigenvalue weighted by molar-refractivity contribution is 5.98. The molecule has 4 aromatic rings. The van der Waals surface area contributed by atoms with Crippen LogP contribution in [0.3, 0.4) is 0 Å². The van der Waals surface area contributed by atoms with E-state index in [1.807, 2.05) is 14.1 Å². The lowest BCUT2D eigenvalue weighted by molar-refractivity contribution is -0.231. The van der Waals surface area contributed by atoms with Crippen LogP contribution in [0.25, 0.3) is 22.5 Å². The van der Waals surface area contributed by atoms with Gasteiger partial charge in [-0.1, -0.05) is 35.9 Å². The maximum absolute atomic E-state index is 14.6. The zero-order valence-electron chi connectivity index (χ0n) is 39.5. The molecule has 6 rings (SSSR count). The van der Waals surface area contributed by atoms with E-state index in [0.29, 0.717) is 50.1 Å². The second kappa shape index (κ2) is 21.7. The van der Waals surface area contributed by atoms with E-state index < -0.39 is 82.6 Å². The average Bonchev–Trinajstić information content (AvgIpc) is 3.82. The van der Waals surface area contributed by atoms with Crippen LogP contribution in [0.15, 0.2) is 78.5 Å². The summed E-state index contributed by atoms with van der Waals surface area (Å²) in [6, 6.07) is 13.4. The van der Waals surface area contributed by atoms with Gasteiger partial charge in [-0.05, 0) is 139 Å². The summed E-state index contributed by atoms with van der Waals surface area (Å²) in [5.74, 6) is -18.3. The number of nitrogens with one attached hydrogen (secondary N) is 5. The number of amides is 4. The number of nitrogens with zero attached hydrogens (tertiary/aromatic N) is 3. The zero-order valence-corrected chi connectivity index (χ0v) is 39.5. The molecule has 0 unspecified atom stereocenters. The molecule has 2 fully saturated rings. The van der Waals surface area contributed by atoms with Crippen molar-refractivity contribution in [3.63, 3.8) is 0 Å². The van der Waals surface area contributed by atoms with Gasteiger partial charge in [-0.3, -0.25) is 24.8 Å². The summed E-state index contributed by atoms with van der Waals surface area (Å²) in [6.45, 7) is 5.17. The number of carbonyl (C=O) groups is 5. The molecule has 0 bridgehead atoms. The number of anilines is 1. The number of alkyl halides is 7. The van der Waals surface area contributed by atoms with Crippen LogP contribution in [0.2, 0.25) is 0 Å². The van der Waals surface area contributed by atoms with Crippen molar-refractivity contribution < 1.29 is 64.5 Å². The molecule has 3 aromatic carbocycles. The van der Waals surface area contributed by atoms with Crippen molar-refractivity contribution >= 4 is 35.5 Å². The molecule has 0 saturated heterocycles. The molecule has 1 heterocycles. The first kappa shape index (κ1) is 53.5. The summed E-state index contributed by atoms with van der Waals surface area (Å²) in [6.07, 6.45) is 0.710. The predicted molar refractivity (Wildman–Crippen MR) is 246 cm³/mol. The molecule has 2 saturated carbocycles. The van der Waals surface area contributed by atoms with Crippen LogP contribution in [0.1, 0.15) is 99.4 Å². The van der Waals surface area contributed by atoms with Gasteiger partial charge in [0.1, 0.15) is 11.6 Å². The molecule has 6 N–H and O–H groups in total. The number of carbonyl (C=O) groups excluding carboxylic acids is 4. The van der Waals surface area contributed by atoms with Crippen LogP contribution >= 0.6 is 0 Å². The topological polar surface area (TPSA) is 208 Å². The van der Waals surface area contributed by atoms with E-state index in [1.165, 1.54) is 60.7 Å².